The highest BCUT2D eigenvalue weighted by atomic mass is 127. The molecule has 0 radical (unpaired) electrons. The molecule has 0 aliphatic carbocycles. The van der Waals surface area contributed by atoms with Crippen LogP contribution in [0.3, 0.4) is 0 Å². The highest BCUT2D eigenvalue weighted by molar-refractivity contribution is 14.0. The van der Waals surface area contributed by atoms with Gasteiger partial charge in [-0.15, -0.1) is 24.0 Å². The zero-order valence-corrected chi connectivity index (χ0v) is 21.2. The Balaban J connectivity index is 0.00000341. The Morgan fingerprint density at radius 2 is 1.94 bits per heavy atom. The number of ether oxygens (including phenoxy) is 3. The Morgan fingerprint density at radius 1 is 1.16 bits per heavy atom. The summed E-state index contributed by atoms with van der Waals surface area (Å²) >= 11 is 0. The van der Waals surface area contributed by atoms with E-state index in [1.807, 2.05) is 24.3 Å². The van der Waals surface area contributed by atoms with Gasteiger partial charge in [-0.3, -0.25) is 4.99 Å². The van der Waals surface area contributed by atoms with E-state index in [9.17, 15) is 0 Å². The van der Waals surface area contributed by atoms with Gasteiger partial charge in [0.1, 0.15) is 5.75 Å². The highest BCUT2D eigenvalue weighted by Gasteiger charge is 2.21. The molecule has 0 saturated carbocycles. The van der Waals surface area contributed by atoms with Crippen molar-refractivity contribution in [1.29, 1.82) is 0 Å². The maximum absolute atomic E-state index is 5.78. The Bertz CT molecular complexity index is 860. The van der Waals surface area contributed by atoms with E-state index in [1.165, 1.54) is 11.1 Å². The van der Waals surface area contributed by atoms with Gasteiger partial charge in [0, 0.05) is 32.6 Å². The van der Waals surface area contributed by atoms with Crippen molar-refractivity contribution in [1.82, 2.24) is 10.2 Å². The predicted molar refractivity (Wildman–Crippen MR) is 137 cm³/mol. The molecule has 3 rings (SSSR count). The van der Waals surface area contributed by atoms with Crippen molar-refractivity contribution in [3.63, 3.8) is 0 Å². The van der Waals surface area contributed by atoms with Crippen LogP contribution in [0, 0.1) is 0 Å². The molecule has 1 atom stereocenters. The molecule has 1 N–H and O–H groups in total. The van der Waals surface area contributed by atoms with E-state index in [4.69, 9.17) is 19.2 Å². The van der Waals surface area contributed by atoms with Gasteiger partial charge in [-0.1, -0.05) is 24.3 Å². The van der Waals surface area contributed by atoms with E-state index in [0.717, 1.165) is 62.3 Å². The van der Waals surface area contributed by atoms with Crippen molar-refractivity contribution in [2.24, 2.45) is 4.99 Å². The lowest BCUT2D eigenvalue weighted by Gasteiger charge is -2.26. The zero-order chi connectivity index (χ0) is 21.3. The van der Waals surface area contributed by atoms with Crippen LogP contribution < -0.4 is 19.5 Å². The molecule has 31 heavy (non-hydrogen) atoms. The highest BCUT2D eigenvalue weighted by Crippen LogP contribution is 2.33. The molecule has 0 amide bonds. The maximum Gasteiger partial charge on any atom is 0.193 e. The number of guanidine groups is 1. The first-order valence-corrected chi connectivity index (χ1v) is 10.6. The quantitative estimate of drug-likeness (QED) is 0.308. The van der Waals surface area contributed by atoms with Crippen molar-refractivity contribution in [2.75, 3.05) is 47.5 Å². The van der Waals surface area contributed by atoms with Gasteiger partial charge in [0.25, 0.3) is 0 Å². The van der Waals surface area contributed by atoms with Crippen molar-refractivity contribution in [3.05, 3.63) is 53.6 Å². The number of hydrogen-bond acceptors (Lipinski definition) is 4. The first-order valence-electron chi connectivity index (χ1n) is 10.6. The molecule has 1 unspecified atom stereocenters. The van der Waals surface area contributed by atoms with Gasteiger partial charge in [0.2, 0.25) is 0 Å². The third-order valence-corrected chi connectivity index (χ3v) is 5.42. The van der Waals surface area contributed by atoms with E-state index < -0.39 is 0 Å². The fraction of sp³-hybridized carbons (Fsp3) is 0.458. The number of likely N-dealkylation sites (N-methyl/N-ethyl adjacent to an activating group) is 1. The summed E-state index contributed by atoms with van der Waals surface area (Å²) in [6.07, 6.45) is 1.89. The van der Waals surface area contributed by atoms with E-state index in [0.29, 0.717) is 5.92 Å². The molecule has 0 aromatic heterocycles. The van der Waals surface area contributed by atoms with Gasteiger partial charge in [-0.2, -0.15) is 0 Å². The van der Waals surface area contributed by atoms with Crippen LogP contribution in [0.1, 0.15) is 30.4 Å². The summed E-state index contributed by atoms with van der Waals surface area (Å²) in [7, 11) is 5.40. The number of benzene rings is 2. The standard InChI is InChI=1S/C24H33N3O3.HI/c1-5-25-24(26-17-19-13-15-30-21-9-7-6-8-20(19)21)27(2)14-12-18-10-11-22(28-3)23(16-18)29-4;/h6-11,16,19H,5,12-15,17H2,1-4H3,(H,25,26);1H. The number of nitrogens with zero attached hydrogens (tertiary/aromatic N) is 2. The second-order valence-corrected chi connectivity index (χ2v) is 7.43. The summed E-state index contributed by atoms with van der Waals surface area (Å²) in [6.45, 7) is 5.29. The van der Waals surface area contributed by atoms with Crippen molar-refractivity contribution < 1.29 is 14.2 Å². The summed E-state index contributed by atoms with van der Waals surface area (Å²) in [5, 5.41) is 3.42. The molecule has 2 aromatic carbocycles. The first kappa shape index (κ1) is 25.1. The van der Waals surface area contributed by atoms with Gasteiger partial charge in [-0.25, -0.2) is 0 Å². The second-order valence-electron chi connectivity index (χ2n) is 7.43. The molecular weight excluding hydrogens is 505 g/mol. The molecule has 1 aliphatic rings. The number of para-hydroxylation sites is 1. The van der Waals surface area contributed by atoms with Crippen LogP contribution in [0.5, 0.6) is 17.2 Å². The summed E-state index contributed by atoms with van der Waals surface area (Å²) in [4.78, 5) is 7.13. The van der Waals surface area contributed by atoms with Gasteiger partial charge in [0.05, 0.1) is 20.8 Å². The Morgan fingerprint density at radius 3 is 2.68 bits per heavy atom. The summed E-state index contributed by atoms with van der Waals surface area (Å²) in [6, 6.07) is 14.4. The van der Waals surface area contributed by atoms with Gasteiger partial charge in [0.15, 0.2) is 17.5 Å². The van der Waals surface area contributed by atoms with E-state index in [2.05, 4.69) is 42.4 Å². The lowest BCUT2D eigenvalue weighted by molar-refractivity contribution is 0.268. The molecule has 0 fully saturated rings. The summed E-state index contributed by atoms with van der Waals surface area (Å²) in [5.41, 5.74) is 2.46. The summed E-state index contributed by atoms with van der Waals surface area (Å²) < 4.78 is 16.5. The van der Waals surface area contributed by atoms with Gasteiger partial charge >= 0.3 is 0 Å². The lowest BCUT2D eigenvalue weighted by atomic mass is 9.93. The topological polar surface area (TPSA) is 55.3 Å². The first-order chi connectivity index (χ1) is 14.7. The minimum atomic E-state index is 0. The van der Waals surface area contributed by atoms with Crippen molar-refractivity contribution >= 4 is 29.9 Å². The van der Waals surface area contributed by atoms with Gasteiger partial charge < -0.3 is 24.4 Å². The van der Waals surface area contributed by atoms with E-state index in [1.54, 1.807) is 14.2 Å². The SMILES string of the molecule is CCNC(=NCC1CCOc2ccccc21)N(C)CCc1ccc(OC)c(OC)c1.I. The minimum Gasteiger partial charge on any atom is -0.493 e. The van der Waals surface area contributed by atoms with Crippen LogP contribution in [0.15, 0.2) is 47.5 Å². The lowest BCUT2D eigenvalue weighted by Crippen LogP contribution is -2.40. The summed E-state index contributed by atoms with van der Waals surface area (Å²) in [5.74, 6) is 3.83. The second kappa shape index (κ2) is 12.6. The van der Waals surface area contributed by atoms with Crippen molar-refractivity contribution in [2.45, 2.75) is 25.7 Å². The number of halogens is 1. The van der Waals surface area contributed by atoms with Crippen LogP contribution >= 0.6 is 24.0 Å². The molecule has 1 aliphatic heterocycles. The Hall–Kier alpha value is -2.16. The number of rotatable bonds is 8. The Labute approximate surface area is 203 Å². The third kappa shape index (κ3) is 6.66. The molecule has 0 saturated heterocycles. The molecule has 0 spiro atoms. The molecule has 0 bridgehead atoms. The molecular formula is C24H34IN3O3. The predicted octanol–water partition coefficient (Wildman–Crippen LogP) is 4.33. The molecule has 1 heterocycles. The fourth-order valence-electron chi connectivity index (χ4n) is 3.71. The fourth-order valence-corrected chi connectivity index (χ4v) is 3.71. The van der Waals surface area contributed by atoms with Crippen LogP contribution in [0.4, 0.5) is 0 Å². The van der Waals surface area contributed by atoms with Crippen molar-refractivity contribution in [3.8, 4) is 17.2 Å². The molecule has 170 valence electrons. The number of methoxy groups -OCH3 is 2. The Kier molecular flexibility index (Phi) is 10.2. The average Bonchev–Trinajstić information content (AvgIpc) is 2.79. The average molecular weight is 539 g/mol. The van der Waals surface area contributed by atoms with Crippen LogP contribution in [0.2, 0.25) is 0 Å². The smallest absolute Gasteiger partial charge is 0.193 e. The van der Waals surface area contributed by atoms with E-state index >= 15 is 0 Å². The number of aliphatic imine (C=N–C) groups is 1. The normalized spacial score (nSPS) is 15.2. The number of fused-ring (bicyclic) bond motifs is 1. The number of nitrogens with one attached hydrogen (secondary N) is 1. The minimum absolute atomic E-state index is 0. The van der Waals surface area contributed by atoms with E-state index in [-0.39, 0.29) is 24.0 Å². The zero-order valence-electron chi connectivity index (χ0n) is 18.9. The van der Waals surface area contributed by atoms with Crippen LogP contribution in [-0.2, 0) is 6.42 Å². The number of hydrogen-bond donors (Lipinski definition) is 1. The van der Waals surface area contributed by atoms with Crippen LogP contribution in [0.25, 0.3) is 0 Å². The van der Waals surface area contributed by atoms with Crippen LogP contribution in [-0.4, -0.2) is 58.4 Å². The largest absolute Gasteiger partial charge is 0.493 e. The monoisotopic (exact) mass is 539 g/mol. The molecule has 6 nitrogen and oxygen atoms in total. The maximum atomic E-state index is 5.78. The molecule has 7 heteroatoms. The van der Waals surface area contributed by atoms with Gasteiger partial charge in [-0.05, 0) is 49.1 Å². The molecule has 2 aromatic rings. The third-order valence-electron chi connectivity index (χ3n) is 5.42.